The molecule has 0 bridgehead atoms. The molecule has 26 heavy (non-hydrogen) atoms. The number of anilines is 1. The highest BCUT2D eigenvalue weighted by atomic mass is 35.5. The van der Waals surface area contributed by atoms with Gasteiger partial charge in [-0.05, 0) is 42.7 Å². The normalized spacial score (nSPS) is 22.7. The Balaban J connectivity index is 1.56. The smallest absolute Gasteiger partial charge is 0.243 e. The van der Waals surface area contributed by atoms with E-state index in [1.54, 1.807) is 6.20 Å². The van der Waals surface area contributed by atoms with E-state index in [2.05, 4.69) is 33.1 Å². The van der Waals surface area contributed by atoms with Gasteiger partial charge < -0.3 is 10.3 Å². The number of benzene rings is 1. The lowest BCUT2D eigenvalue weighted by molar-refractivity contribution is -0.118. The summed E-state index contributed by atoms with van der Waals surface area (Å²) < 4.78 is 0. The fourth-order valence-electron chi connectivity index (χ4n) is 3.17. The quantitative estimate of drug-likeness (QED) is 0.571. The van der Waals surface area contributed by atoms with Crippen LogP contribution in [0.1, 0.15) is 13.8 Å². The summed E-state index contributed by atoms with van der Waals surface area (Å²) in [6.07, 6.45) is 1.67. The van der Waals surface area contributed by atoms with E-state index < -0.39 is 0 Å². The number of rotatable bonds is 3. The first-order chi connectivity index (χ1) is 12.5. The topological polar surface area (TPSA) is 81.8 Å². The van der Waals surface area contributed by atoms with Crippen LogP contribution in [0.5, 0.6) is 0 Å². The first-order valence-electron chi connectivity index (χ1n) is 8.58. The third-order valence-electron chi connectivity index (χ3n) is 4.96. The minimum atomic E-state index is -0.267. The summed E-state index contributed by atoms with van der Waals surface area (Å²) >= 11 is 5.95. The monoisotopic (exact) mass is 369 g/mol. The van der Waals surface area contributed by atoms with Crippen molar-refractivity contribution < 1.29 is 4.79 Å². The summed E-state index contributed by atoms with van der Waals surface area (Å²) in [5.41, 5.74) is 9.58. The van der Waals surface area contributed by atoms with E-state index in [0.29, 0.717) is 10.7 Å². The summed E-state index contributed by atoms with van der Waals surface area (Å²) in [4.78, 5) is 20.2. The van der Waals surface area contributed by atoms with Gasteiger partial charge in [-0.1, -0.05) is 30.7 Å². The van der Waals surface area contributed by atoms with Crippen LogP contribution in [0.25, 0.3) is 22.3 Å². The minimum Gasteiger partial charge on any atom is -0.339 e. The molecule has 3 aromatic rings. The van der Waals surface area contributed by atoms with E-state index >= 15 is 0 Å². The molecular weight excluding hydrogens is 350 g/mol. The number of halogens is 1. The van der Waals surface area contributed by atoms with E-state index in [-0.39, 0.29) is 23.9 Å². The Morgan fingerprint density at radius 2 is 1.92 bits per heavy atom. The molecule has 1 saturated heterocycles. The van der Waals surface area contributed by atoms with Crippen LogP contribution >= 0.6 is 11.6 Å². The predicted molar refractivity (Wildman–Crippen MR) is 104 cm³/mol. The van der Waals surface area contributed by atoms with Crippen molar-refractivity contribution in [1.29, 1.82) is 0 Å². The number of H-pyrrole nitrogens is 1. The van der Waals surface area contributed by atoms with Gasteiger partial charge in [0.2, 0.25) is 5.91 Å². The van der Waals surface area contributed by atoms with Crippen molar-refractivity contribution in [1.82, 2.24) is 20.8 Å². The zero-order chi connectivity index (χ0) is 18.3. The number of hydrogen-bond donors (Lipinski definition) is 4. The molecule has 3 unspecified atom stereocenters. The maximum Gasteiger partial charge on any atom is 0.243 e. The second-order valence-electron chi connectivity index (χ2n) is 6.76. The van der Waals surface area contributed by atoms with Crippen molar-refractivity contribution >= 4 is 34.2 Å². The minimum absolute atomic E-state index is 0.0658. The van der Waals surface area contributed by atoms with Gasteiger partial charge in [0.15, 0.2) is 0 Å². The average molecular weight is 370 g/mol. The van der Waals surface area contributed by atoms with E-state index in [1.165, 1.54) is 0 Å². The van der Waals surface area contributed by atoms with E-state index in [0.717, 1.165) is 22.3 Å². The lowest BCUT2D eigenvalue weighted by Crippen LogP contribution is -2.41. The molecule has 0 radical (unpaired) electrons. The van der Waals surface area contributed by atoms with Crippen LogP contribution in [0, 0.1) is 5.92 Å². The maximum absolute atomic E-state index is 12.5. The van der Waals surface area contributed by atoms with Crippen LogP contribution in [0.4, 0.5) is 5.69 Å². The molecule has 0 spiro atoms. The molecule has 6 nitrogen and oxygen atoms in total. The van der Waals surface area contributed by atoms with Gasteiger partial charge in [-0.15, -0.1) is 0 Å². The third-order valence-corrected chi connectivity index (χ3v) is 5.21. The van der Waals surface area contributed by atoms with Gasteiger partial charge in [0, 0.05) is 22.1 Å². The number of aromatic amines is 1. The number of carbonyl (C=O) groups excluding carboxylic acids is 1. The van der Waals surface area contributed by atoms with E-state index in [4.69, 9.17) is 11.6 Å². The molecule has 0 aliphatic carbocycles. The Kier molecular flexibility index (Phi) is 4.40. The summed E-state index contributed by atoms with van der Waals surface area (Å²) in [6, 6.07) is 11.5. The lowest BCUT2D eigenvalue weighted by atomic mass is 9.97. The third kappa shape index (κ3) is 3.19. The largest absolute Gasteiger partial charge is 0.339 e. The number of carbonyl (C=O) groups is 1. The number of fused-ring (bicyclic) bond motifs is 1. The number of nitrogens with zero attached hydrogens (tertiary/aromatic N) is 1. The van der Waals surface area contributed by atoms with Gasteiger partial charge in [-0.3, -0.25) is 10.2 Å². The van der Waals surface area contributed by atoms with Crippen LogP contribution in [-0.4, -0.2) is 28.0 Å². The fourth-order valence-corrected chi connectivity index (χ4v) is 3.29. The van der Waals surface area contributed by atoms with Crippen LogP contribution < -0.4 is 16.2 Å². The van der Waals surface area contributed by atoms with Crippen molar-refractivity contribution in [2.45, 2.75) is 25.9 Å². The second-order valence-corrected chi connectivity index (χ2v) is 7.19. The predicted octanol–water partition coefficient (Wildman–Crippen LogP) is 3.32. The summed E-state index contributed by atoms with van der Waals surface area (Å²) in [5.74, 6) is 0.138. The highest BCUT2D eigenvalue weighted by Crippen LogP contribution is 2.26. The van der Waals surface area contributed by atoms with Crippen LogP contribution in [0.2, 0.25) is 5.02 Å². The molecule has 3 heterocycles. The van der Waals surface area contributed by atoms with Crippen molar-refractivity contribution in [2.24, 2.45) is 5.92 Å². The summed E-state index contributed by atoms with van der Waals surface area (Å²) in [7, 11) is 0. The molecule has 1 aliphatic rings. The van der Waals surface area contributed by atoms with Crippen molar-refractivity contribution in [3.63, 3.8) is 0 Å². The van der Waals surface area contributed by atoms with Gasteiger partial charge in [-0.2, -0.15) is 0 Å². The molecule has 1 aromatic carbocycles. The van der Waals surface area contributed by atoms with Crippen molar-refractivity contribution in [3.05, 3.63) is 47.6 Å². The number of nitrogens with one attached hydrogen (secondary N) is 4. The van der Waals surface area contributed by atoms with E-state index in [9.17, 15) is 4.79 Å². The number of hydrogen-bond acceptors (Lipinski definition) is 4. The molecule has 1 amide bonds. The molecule has 134 valence electrons. The SMILES string of the molecule is CC1NNC(C(=O)Nc2cnc3[nH]c(-c4ccc(Cl)cc4)cc3c2)C1C. The number of amides is 1. The van der Waals surface area contributed by atoms with Gasteiger partial charge in [0.25, 0.3) is 0 Å². The molecule has 2 aromatic heterocycles. The maximum atomic E-state index is 12.5. The van der Waals surface area contributed by atoms with Crippen LogP contribution in [0.15, 0.2) is 42.6 Å². The lowest BCUT2D eigenvalue weighted by Gasteiger charge is -2.15. The molecule has 4 N–H and O–H groups in total. The molecule has 4 rings (SSSR count). The Bertz CT molecular complexity index is 952. The molecule has 1 aliphatic heterocycles. The molecular formula is C19H20ClN5O. The highest BCUT2D eigenvalue weighted by molar-refractivity contribution is 6.30. The standard InChI is InChI=1S/C19H20ClN5O/c1-10-11(2)24-25-17(10)19(26)22-15-7-13-8-16(23-18(13)21-9-15)12-3-5-14(20)6-4-12/h3-11,17,24-25H,1-2H3,(H,21,23)(H,22,26). The highest BCUT2D eigenvalue weighted by Gasteiger charge is 2.34. The number of hydrazine groups is 1. The Labute approximate surface area is 156 Å². The molecule has 3 atom stereocenters. The summed E-state index contributed by atoms with van der Waals surface area (Å²) in [5, 5.41) is 4.59. The number of pyridine rings is 1. The van der Waals surface area contributed by atoms with Gasteiger partial charge in [-0.25, -0.2) is 10.4 Å². The number of aromatic nitrogens is 2. The van der Waals surface area contributed by atoms with Crippen molar-refractivity contribution in [3.8, 4) is 11.3 Å². The van der Waals surface area contributed by atoms with Crippen LogP contribution in [0.3, 0.4) is 0 Å². The first-order valence-corrected chi connectivity index (χ1v) is 8.96. The molecule has 1 fully saturated rings. The Morgan fingerprint density at radius 1 is 1.15 bits per heavy atom. The Hall–Kier alpha value is -2.41. The first kappa shape index (κ1) is 17.0. The Morgan fingerprint density at radius 3 is 2.62 bits per heavy atom. The zero-order valence-corrected chi connectivity index (χ0v) is 15.3. The fraction of sp³-hybridized carbons (Fsp3) is 0.263. The van der Waals surface area contributed by atoms with Gasteiger partial charge in [0.05, 0.1) is 11.9 Å². The average Bonchev–Trinajstić information content (AvgIpc) is 3.19. The van der Waals surface area contributed by atoms with Crippen molar-refractivity contribution in [2.75, 3.05) is 5.32 Å². The summed E-state index contributed by atoms with van der Waals surface area (Å²) in [6.45, 7) is 4.10. The van der Waals surface area contributed by atoms with Crippen LogP contribution in [-0.2, 0) is 4.79 Å². The van der Waals surface area contributed by atoms with E-state index in [1.807, 2.05) is 43.3 Å². The zero-order valence-electron chi connectivity index (χ0n) is 14.5. The molecule has 7 heteroatoms. The molecule has 0 saturated carbocycles. The second kappa shape index (κ2) is 6.72. The van der Waals surface area contributed by atoms with Gasteiger partial charge in [0.1, 0.15) is 11.7 Å². The van der Waals surface area contributed by atoms with Gasteiger partial charge >= 0.3 is 0 Å².